The van der Waals surface area contributed by atoms with E-state index in [0.717, 1.165) is 5.82 Å². The summed E-state index contributed by atoms with van der Waals surface area (Å²) in [6.07, 6.45) is 2.75. The third-order valence-corrected chi connectivity index (χ3v) is 3.23. The maximum Gasteiger partial charge on any atom is 0.221 e. The highest BCUT2D eigenvalue weighted by Gasteiger charge is 2.28. The predicted octanol–water partition coefficient (Wildman–Crippen LogP) is 0.971. The van der Waals surface area contributed by atoms with Crippen molar-refractivity contribution in [2.75, 3.05) is 20.3 Å². The van der Waals surface area contributed by atoms with E-state index < -0.39 is 0 Å². The number of hydrogen-bond donors (Lipinski definition) is 2. The molecule has 0 radical (unpaired) electrons. The number of carbonyl (C=O) groups is 1. The van der Waals surface area contributed by atoms with Crippen LogP contribution in [0.5, 0.6) is 0 Å². The molecule has 0 spiro atoms. The van der Waals surface area contributed by atoms with Gasteiger partial charge in [-0.2, -0.15) is 5.10 Å². The zero-order valence-electron chi connectivity index (χ0n) is 10.4. The van der Waals surface area contributed by atoms with Crippen LogP contribution in [0.1, 0.15) is 31.0 Å². The number of amides is 1. The molecule has 7 heteroatoms. The maximum atomic E-state index is 11.6. The van der Waals surface area contributed by atoms with Crippen molar-refractivity contribution in [3.63, 3.8) is 0 Å². The molecule has 100 valence electrons. The summed E-state index contributed by atoms with van der Waals surface area (Å²) in [7, 11) is 1.61. The molecule has 1 aliphatic carbocycles. The number of hydrogen-bond acceptors (Lipinski definition) is 4. The van der Waals surface area contributed by atoms with Crippen molar-refractivity contribution in [1.29, 1.82) is 0 Å². The summed E-state index contributed by atoms with van der Waals surface area (Å²) < 4.78 is 7.40. The lowest BCUT2D eigenvalue weighted by Crippen LogP contribution is -2.27. The molecule has 6 nitrogen and oxygen atoms in total. The summed E-state index contributed by atoms with van der Waals surface area (Å²) in [5, 5.41) is 9.81. The fourth-order valence-electron chi connectivity index (χ4n) is 1.79. The van der Waals surface area contributed by atoms with E-state index in [9.17, 15) is 4.79 Å². The van der Waals surface area contributed by atoms with E-state index in [0.29, 0.717) is 36.8 Å². The largest absolute Gasteiger partial charge is 0.383 e. The van der Waals surface area contributed by atoms with Crippen molar-refractivity contribution in [2.45, 2.75) is 31.7 Å². The Kier molecular flexibility index (Phi) is 4.48. The lowest BCUT2D eigenvalue weighted by molar-refractivity contribution is -0.121. The van der Waals surface area contributed by atoms with Gasteiger partial charge in [0.25, 0.3) is 0 Å². The lowest BCUT2D eigenvalue weighted by Gasteiger charge is -2.07. The van der Waals surface area contributed by atoms with Gasteiger partial charge >= 0.3 is 0 Å². The maximum absolute atomic E-state index is 11.6. The molecule has 0 aromatic carbocycles. The molecule has 2 rings (SSSR count). The van der Waals surface area contributed by atoms with E-state index in [1.807, 2.05) is 4.57 Å². The van der Waals surface area contributed by atoms with Gasteiger partial charge in [-0.1, -0.05) is 0 Å². The Morgan fingerprint density at radius 2 is 2.44 bits per heavy atom. The van der Waals surface area contributed by atoms with Crippen molar-refractivity contribution in [2.24, 2.45) is 0 Å². The summed E-state index contributed by atoms with van der Waals surface area (Å²) in [5.41, 5.74) is 0. The molecule has 1 aliphatic rings. The van der Waals surface area contributed by atoms with Gasteiger partial charge in [-0.3, -0.25) is 9.89 Å². The van der Waals surface area contributed by atoms with Gasteiger partial charge < -0.3 is 14.6 Å². The minimum atomic E-state index is 0.0110. The van der Waals surface area contributed by atoms with Crippen molar-refractivity contribution >= 4 is 18.1 Å². The van der Waals surface area contributed by atoms with Crippen LogP contribution in [-0.4, -0.2) is 40.9 Å². The second-order valence-electron chi connectivity index (χ2n) is 4.41. The second kappa shape index (κ2) is 6.10. The molecule has 1 heterocycles. The molecule has 1 fully saturated rings. The molecule has 0 atom stereocenters. The van der Waals surface area contributed by atoms with Gasteiger partial charge in [0, 0.05) is 32.5 Å². The van der Waals surface area contributed by atoms with Crippen LogP contribution >= 0.6 is 12.2 Å². The Balaban J connectivity index is 1.84. The van der Waals surface area contributed by atoms with Gasteiger partial charge in [0.15, 0.2) is 4.77 Å². The molecule has 2 N–H and O–H groups in total. The van der Waals surface area contributed by atoms with Gasteiger partial charge in [0.1, 0.15) is 5.82 Å². The van der Waals surface area contributed by atoms with E-state index >= 15 is 0 Å². The molecule has 18 heavy (non-hydrogen) atoms. The second-order valence-corrected chi connectivity index (χ2v) is 4.79. The topological polar surface area (TPSA) is 71.9 Å². The van der Waals surface area contributed by atoms with Crippen LogP contribution in [-0.2, 0) is 16.1 Å². The highest BCUT2D eigenvalue weighted by molar-refractivity contribution is 7.71. The number of carbonyl (C=O) groups excluding carboxylic acids is 1. The zero-order chi connectivity index (χ0) is 13.0. The average molecular weight is 270 g/mol. The normalized spacial score (nSPS) is 14.7. The van der Waals surface area contributed by atoms with Crippen molar-refractivity contribution in [3.05, 3.63) is 10.6 Å². The summed E-state index contributed by atoms with van der Waals surface area (Å²) in [5.74, 6) is 1.52. The Labute approximate surface area is 111 Å². The quantitative estimate of drug-likeness (QED) is 0.572. The van der Waals surface area contributed by atoms with Crippen LogP contribution < -0.4 is 5.32 Å². The van der Waals surface area contributed by atoms with Crippen LogP contribution in [0.4, 0.5) is 0 Å². The average Bonchev–Trinajstić information content (AvgIpc) is 3.12. The van der Waals surface area contributed by atoms with E-state index in [4.69, 9.17) is 17.0 Å². The minimum absolute atomic E-state index is 0.0110. The first-order chi connectivity index (χ1) is 8.72. The van der Waals surface area contributed by atoms with E-state index in [2.05, 4.69) is 15.5 Å². The van der Waals surface area contributed by atoms with Crippen molar-refractivity contribution in [3.8, 4) is 0 Å². The highest BCUT2D eigenvalue weighted by atomic mass is 32.1. The summed E-state index contributed by atoms with van der Waals surface area (Å²) in [4.78, 5) is 11.6. The standard InChI is InChI=1S/C11H18N4O2S/c1-17-7-5-12-9(16)4-6-15-10(8-2-3-8)13-14-11(15)18/h8H,2-7H2,1H3,(H,12,16)(H,14,18). The van der Waals surface area contributed by atoms with Crippen LogP contribution in [0.15, 0.2) is 0 Å². The predicted molar refractivity (Wildman–Crippen MR) is 68.9 cm³/mol. The van der Waals surface area contributed by atoms with Crippen molar-refractivity contribution < 1.29 is 9.53 Å². The monoisotopic (exact) mass is 270 g/mol. The fraction of sp³-hybridized carbons (Fsp3) is 0.727. The van der Waals surface area contributed by atoms with Crippen LogP contribution in [0.2, 0.25) is 0 Å². The van der Waals surface area contributed by atoms with Gasteiger partial charge in [-0.25, -0.2) is 0 Å². The summed E-state index contributed by atoms with van der Waals surface area (Å²) >= 11 is 5.17. The number of nitrogens with one attached hydrogen (secondary N) is 2. The third-order valence-electron chi connectivity index (χ3n) is 2.92. The first-order valence-electron chi connectivity index (χ1n) is 6.13. The molecule has 0 bridgehead atoms. The van der Waals surface area contributed by atoms with E-state index in [1.54, 1.807) is 7.11 Å². The Bertz CT molecular complexity index is 464. The first-order valence-corrected chi connectivity index (χ1v) is 6.54. The number of rotatable bonds is 7. The Morgan fingerprint density at radius 1 is 1.67 bits per heavy atom. The summed E-state index contributed by atoms with van der Waals surface area (Å²) in [6, 6.07) is 0. The molecule has 0 unspecified atom stereocenters. The number of aromatic amines is 1. The fourth-order valence-corrected chi connectivity index (χ4v) is 2.02. The molecular weight excluding hydrogens is 252 g/mol. The molecule has 1 saturated carbocycles. The van der Waals surface area contributed by atoms with Crippen molar-refractivity contribution in [1.82, 2.24) is 20.1 Å². The third kappa shape index (κ3) is 3.39. The number of methoxy groups -OCH3 is 1. The summed E-state index contributed by atoms with van der Waals surface area (Å²) in [6.45, 7) is 1.66. The highest BCUT2D eigenvalue weighted by Crippen LogP contribution is 2.38. The number of ether oxygens (including phenoxy) is 1. The van der Waals surface area contributed by atoms with Gasteiger partial charge in [0.05, 0.1) is 6.61 Å². The first kappa shape index (κ1) is 13.2. The van der Waals surface area contributed by atoms with Gasteiger partial charge in [-0.15, -0.1) is 0 Å². The molecule has 0 aliphatic heterocycles. The Morgan fingerprint density at radius 3 is 3.11 bits per heavy atom. The van der Waals surface area contributed by atoms with Crippen LogP contribution in [0.25, 0.3) is 0 Å². The van der Waals surface area contributed by atoms with E-state index in [1.165, 1.54) is 12.8 Å². The molecule has 1 aromatic rings. The number of nitrogens with zero attached hydrogens (tertiary/aromatic N) is 2. The lowest BCUT2D eigenvalue weighted by atomic mass is 10.3. The Hall–Kier alpha value is -1.21. The SMILES string of the molecule is COCCNC(=O)CCn1c(C2CC2)n[nH]c1=S. The number of H-pyrrole nitrogens is 1. The van der Waals surface area contributed by atoms with E-state index in [-0.39, 0.29) is 5.91 Å². The minimum Gasteiger partial charge on any atom is -0.383 e. The van der Waals surface area contributed by atoms with Gasteiger partial charge in [0.2, 0.25) is 5.91 Å². The van der Waals surface area contributed by atoms with Crippen LogP contribution in [0.3, 0.4) is 0 Å². The molecule has 0 saturated heterocycles. The zero-order valence-corrected chi connectivity index (χ0v) is 11.3. The molecule has 1 amide bonds. The van der Waals surface area contributed by atoms with Gasteiger partial charge in [-0.05, 0) is 25.1 Å². The van der Waals surface area contributed by atoms with Crippen LogP contribution in [0, 0.1) is 4.77 Å². The molecule has 1 aromatic heterocycles. The number of aromatic nitrogens is 3. The molecular formula is C11H18N4O2S. The smallest absolute Gasteiger partial charge is 0.221 e.